The smallest absolute Gasteiger partial charge is 0.165 e. The summed E-state index contributed by atoms with van der Waals surface area (Å²) in [4.78, 5) is 0. The molecule has 1 fully saturated rings. The molecule has 0 atom stereocenters. The van der Waals surface area contributed by atoms with E-state index in [1.54, 1.807) is 6.20 Å². The second kappa shape index (κ2) is 3.13. The van der Waals surface area contributed by atoms with E-state index < -0.39 is 0 Å². The summed E-state index contributed by atoms with van der Waals surface area (Å²) in [5, 5.41) is 7.67. The zero-order valence-electron chi connectivity index (χ0n) is 7.11. The van der Waals surface area contributed by atoms with Gasteiger partial charge in [-0.1, -0.05) is 18.1 Å². The predicted octanol–water partition coefficient (Wildman–Crippen LogP) is 1.05. The summed E-state index contributed by atoms with van der Waals surface area (Å²) >= 11 is 0. The third-order valence-electron chi connectivity index (χ3n) is 2.48. The van der Waals surface area contributed by atoms with Crippen molar-refractivity contribution in [2.45, 2.75) is 32.2 Å². The first-order chi connectivity index (χ1) is 5.84. The lowest BCUT2D eigenvalue weighted by atomic mass is 10.1. The molecule has 1 saturated carbocycles. The zero-order valence-corrected chi connectivity index (χ0v) is 7.11. The van der Waals surface area contributed by atoms with Gasteiger partial charge in [0.2, 0.25) is 0 Å². The van der Waals surface area contributed by atoms with Crippen LogP contribution in [0.15, 0.2) is 6.20 Å². The Balaban J connectivity index is 1.94. The monoisotopic (exact) mass is 166 g/mol. The van der Waals surface area contributed by atoms with E-state index in [4.69, 9.17) is 5.73 Å². The molecule has 1 aromatic heterocycles. The van der Waals surface area contributed by atoms with E-state index in [9.17, 15) is 0 Å². The molecule has 0 aliphatic heterocycles. The molecule has 1 heterocycles. The molecule has 66 valence electrons. The average Bonchev–Trinajstić information content (AvgIpc) is 2.63. The van der Waals surface area contributed by atoms with Crippen LogP contribution in [0.1, 0.15) is 25.7 Å². The van der Waals surface area contributed by atoms with Crippen LogP contribution in [0.3, 0.4) is 0 Å². The first-order valence-corrected chi connectivity index (χ1v) is 4.50. The lowest BCUT2D eigenvalue weighted by molar-refractivity contribution is 0.421. The van der Waals surface area contributed by atoms with Crippen molar-refractivity contribution in [2.24, 2.45) is 5.92 Å². The highest BCUT2D eigenvalue weighted by atomic mass is 15.4. The fraction of sp³-hybridized carbons (Fsp3) is 0.750. The molecule has 0 aromatic carbocycles. The van der Waals surface area contributed by atoms with Gasteiger partial charge in [-0.2, -0.15) is 0 Å². The van der Waals surface area contributed by atoms with Gasteiger partial charge in [0.1, 0.15) is 0 Å². The lowest BCUT2D eigenvalue weighted by Gasteiger charge is -2.06. The Kier molecular flexibility index (Phi) is 1.98. The molecule has 12 heavy (non-hydrogen) atoms. The van der Waals surface area contributed by atoms with Crippen molar-refractivity contribution in [3.63, 3.8) is 0 Å². The summed E-state index contributed by atoms with van der Waals surface area (Å²) in [6, 6.07) is 0. The molecule has 1 aliphatic rings. The summed E-state index contributed by atoms with van der Waals surface area (Å²) in [6.45, 7) is 0.990. The largest absolute Gasteiger partial charge is 0.381 e. The van der Waals surface area contributed by atoms with E-state index in [-0.39, 0.29) is 0 Å². The first-order valence-electron chi connectivity index (χ1n) is 4.50. The van der Waals surface area contributed by atoms with E-state index in [1.807, 2.05) is 4.68 Å². The Bertz CT molecular complexity index is 249. The molecule has 4 nitrogen and oxygen atoms in total. The number of anilines is 1. The third kappa shape index (κ3) is 1.57. The second-order valence-electron chi connectivity index (χ2n) is 3.52. The Morgan fingerprint density at radius 2 is 2.25 bits per heavy atom. The van der Waals surface area contributed by atoms with Crippen molar-refractivity contribution in [1.82, 2.24) is 15.0 Å². The Labute approximate surface area is 71.8 Å². The molecule has 0 saturated heterocycles. The Morgan fingerprint density at radius 1 is 1.50 bits per heavy atom. The highest BCUT2D eigenvalue weighted by Gasteiger charge is 2.15. The normalized spacial score (nSPS) is 18.7. The minimum Gasteiger partial charge on any atom is -0.381 e. The van der Waals surface area contributed by atoms with Crippen LogP contribution < -0.4 is 5.73 Å². The van der Waals surface area contributed by atoms with Crippen LogP contribution in [0.2, 0.25) is 0 Å². The van der Waals surface area contributed by atoms with Crippen molar-refractivity contribution >= 4 is 5.82 Å². The second-order valence-corrected chi connectivity index (χ2v) is 3.52. The number of nitrogens with zero attached hydrogens (tertiary/aromatic N) is 3. The fourth-order valence-electron chi connectivity index (χ4n) is 1.86. The van der Waals surface area contributed by atoms with Crippen molar-refractivity contribution < 1.29 is 0 Å². The van der Waals surface area contributed by atoms with E-state index in [0.29, 0.717) is 5.82 Å². The predicted molar refractivity (Wildman–Crippen MR) is 46.4 cm³/mol. The summed E-state index contributed by atoms with van der Waals surface area (Å²) in [5.41, 5.74) is 5.46. The highest BCUT2D eigenvalue weighted by molar-refractivity contribution is 5.19. The maximum absolute atomic E-state index is 5.46. The van der Waals surface area contributed by atoms with Crippen LogP contribution >= 0.6 is 0 Å². The Hall–Kier alpha value is -1.06. The number of hydrogen-bond donors (Lipinski definition) is 1. The van der Waals surface area contributed by atoms with Crippen molar-refractivity contribution in [3.8, 4) is 0 Å². The fourth-order valence-corrected chi connectivity index (χ4v) is 1.86. The molecule has 1 aliphatic carbocycles. The van der Waals surface area contributed by atoms with Crippen LogP contribution in [-0.4, -0.2) is 15.0 Å². The maximum atomic E-state index is 5.46. The summed E-state index contributed by atoms with van der Waals surface area (Å²) in [7, 11) is 0. The van der Waals surface area contributed by atoms with Crippen LogP contribution in [0, 0.1) is 5.92 Å². The van der Waals surface area contributed by atoms with E-state index in [1.165, 1.54) is 25.7 Å². The molecule has 0 amide bonds. The summed E-state index contributed by atoms with van der Waals surface area (Å²) in [6.07, 6.45) is 7.21. The molecular formula is C8H14N4. The third-order valence-corrected chi connectivity index (χ3v) is 2.48. The molecule has 0 spiro atoms. The topological polar surface area (TPSA) is 56.7 Å². The van der Waals surface area contributed by atoms with Crippen LogP contribution in [0.5, 0.6) is 0 Å². The number of hydrogen-bond acceptors (Lipinski definition) is 3. The van der Waals surface area contributed by atoms with Gasteiger partial charge in [0, 0.05) is 6.54 Å². The summed E-state index contributed by atoms with van der Waals surface area (Å²) < 4.78 is 1.85. The lowest BCUT2D eigenvalue weighted by Crippen LogP contribution is -2.07. The molecule has 2 N–H and O–H groups in total. The molecular weight excluding hydrogens is 152 g/mol. The number of rotatable bonds is 2. The molecule has 0 radical (unpaired) electrons. The first kappa shape index (κ1) is 7.58. The van der Waals surface area contributed by atoms with E-state index in [2.05, 4.69) is 10.3 Å². The minimum atomic E-state index is 0.521. The van der Waals surface area contributed by atoms with Crippen molar-refractivity contribution in [1.29, 1.82) is 0 Å². The van der Waals surface area contributed by atoms with Crippen LogP contribution in [-0.2, 0) is 6.54 Å². The van der Waals surface area contributed by atoms with Crippen LogP contribution in [0.4, 0.5) is 5.82 Å². The minimum absolute atomic E-state index is 0.521. The highest BCUT2D eigenvalue weighted by Crippen LogP contribution is 2.25. The Morgan fingerprint density at radius 3 is 2.83 bits per heavy atom. The number of nitrogens with two attached hydrogens (primary N) is 1. The molecule has 0 unspecified atom stereocenters. The van der Waals surface area contributed by atoms with Gasteiger partial charge in [-0.15, -0.1) is 5.10 Å². The summed E-state index contributed by atoms with van der Waals surface area (Å²) in [5.74, 6) is 1.32. The van der Waals surface area contributed by atoms with E-state index >= 15 is 0 Å². The van der Waals surface area contributed by atoms with Gasteiger partial charge in [-0.25, -0.2) is 0 Å². The van der Waals surface area contributed by atoms with Gasteiger partial charge in [0.15, 0.2) is 5.82 Å². The van der Waals surface area contributed by atoms with Gasteiger partial charge < -0.3 is 5.73 Å². The van der Waals surface area contributed by atoms with Crippen molar-refractivity contribution in [3.05, 3.63) is 6.20 Å². The average molecular weight is 166 g/mol. The SMILES string of the molecule is Nc1cn(CC2CCCC2)nn1. The number of aromatic nitrogens is 3. The maximum Gasteiger partial charge on any atom is 0.165 e. The van der Waals surface area contributed by atoms with Crippen LogP contribution in [0.25, 0.3) is 0 Å². The number of nitrogen functional groups attached to an aromatic ring is 1. The quantitative estimate of drug-likeness (QED) is 0.714. The molecule has 0 bridgehead atoms. The van der Waals surface area contributed by atoms with Gasteiger partial charge in [-0.3, -0.25) is 4.68 Å². The van der Waals surface area contributed by atoms with E-state index in [0.717, 1.165) is 12.5 Å². The molecule has 1 aromatic rings. The van der Waals surface area contributed by atoms with Crippen molar-refractivity contribution in [2.75, 3.05) is 5.73 Å². The van der Waals surface area contributed by atoms with Gasteiger partial charge in [0.05, 0.1) is 6.20 Å². The van der Waals surface area contributed by atoms with Gasteiger partial charge in [0.25, 0.3) is 0 Å². The van der Waals surface area contributed by atoms with Gasteiger partial charge >= 0.3 is 0 Å². The molecule has 4 heteroatoms. The molecule has 2 rings (SSSR count). The van der Waals surface area contributed by atoms with Gasteiger partial charge in [-0.05, 0) is 18.8 Å². The zero-order chi connectivity index (χ0) is 8.39. The standard InChI is InChI=1S/C8H14N4/c9-8-6-12(11-10-8)5-7-3-1-2-4-7/h6-7H,1-5,9H2.